The maximum Gasteiger partial charge on any atom is 0.107 e. The minimum absolute atomic E-state index is 0.577. The summed E-state index contributed by atoms with van der Waals surface area (Å²) in [7, 11) is 0. The molecule has 2 aliphatic rings. The lowest BCUT2D eigenvalue weighted by atomic mass is 9.79. The first-order valence-electron chi connectivity index (χ1n) is 7.44. The van der Waals surface area contributed by atoms with E-state index in [0.717, 1.165) is 57.7 Å². The number of nitrogens with two attached hydrogens (primary N) is 1. The van der Waals surface area contributed by atoms with Crippen LogP contribution >= 0.6 is 0 Å². The number of aliphatic hydroxyl groups is 1. The lowest BCUT2D eigenvalue weighted by Gasteiger charge is -2.41. The first-order chi connectivity index (χ1) is 9.67. The van der Waals surface area contributed by atoms with Gasteiger partial charge in [0.05, 0.1) is 30.8 Å². The number of nitrogen functional groups attached to an aromatic ring is 1. The molecule has 0 spiro atoms. The Labute approximate surface area is 119 Å². The van der Waals surface area contributed by atoms with Crippen molar-refractivity contribution in [2.24, 2.45) is 0 Å². The second-order valence-corrected chi connectivity index (χ2v) is 5.89. The predicted molar refractivity (Wildman–Crippen MR) is 77.2 cm³/mol. The molecule has 3 N–H and O–H groups in total. The largest absolute Gasteiger partial charge is 0.397 e. The lowest BCUT2D eigenvalue weighted by molar-refractivity contribution is -0.0469. The molecule has 1 aromatic heterocycles. The standard InChI is InChI=1S/C15H23N3O2/c16-12-1-2-14(17-11-12)15(19)5-3-13(4-6-15)18-7-9-20-10-8-18/h1-2,11,13,19H,3-10,16H2. The van der Waals surface area contributed by atoms with Gasteiger partial charge in [0.25, 0.3) is 0 Å². The molecule has 1 aliphatic carbocycles. The van der Waals surface area contributed by atoms with E-state index < -0.39 is 5.60 Å². The topological polar surface area (TPSA) is 71.6 Å². The molecule has 5 nitrogen and oxygen atoms in total. The van der Waals surface area contributed by atoms with E-state index in [1.54, 1.807) is 6.20 Å². The summed E-state index contributed by atoms with van der Waals surface area (Å²) in [5, 5.41) is 10.8. The smallest absolute Gasteiger partial charge is 0.107 e. The van der Waals surface area contributed by atoms with E-state index in [4.69, 9.17) is 10.5 Å². The van der Waals surface area contributed by atoms with Gasteiger partial charge in [-0.25, -0.2) is 0 Å². The Morgan fingerprint density at radius 2 is 1.95 bits per heavy atom. The van der Waals surface area contributed by atoms with E-state index in [2.05, 4.69) is 9.88 Å². The van der Waals surface area contributed by atoms with E-state index in [-0.39, 0.29) is 0 Å². The zero-order chi connectivity index (χ0) is 14.0. The third-order valence-corrected chi connectivity index (χ3v) is 4.61. The fourth-order valence-corrected chi connectivity index (χ4v) is 3.32. The summed E-state index contributed by atoms with van der Waals surface area (Å²) in [4.78, 5) is 6.80. The van der Waals surface area contributed by atoms with E-state index in [0.29, 0.717) is 11.7 Å². The van der Waals surface area contributed by atoms with Crippen LogP contribution in [0.25, 0.3) is 0 Å². The third-order valence-electron chi connectivity index (χ3n) is 4.61. The highest BCUT2D eigenvalue weighted by Gasteiger charge is 2.37. The van der Waals surface area contributed by atoms with Crippen molar-refractivity contribution >= 4 is 5.69 Å². The number of anilines is 1. The molecule has 3 rings (SSSR count). The summed E-state index contributed by atoms with van der Waals surface area (Å²) < 4.78 is 5.40. The number of hydrogen-bond donors (Lipinski definition) is 2. The zero-order valence-electron chi connectivity index (χ0n) is 11.8. The molecule has 1 saturated heterocycles. The number of pyridine rings is 1. The molecule has 0 aromatic carbocycles. The van der Waals surface area contributed by atoms with Crippen molar-refractivity contribution in [1.82, 2.24) is 9.88 Å². The third kappa shape index (κ3) is 2.80. The molecule has 0 unspecified atom stereocenters. The Hall–Kier alpha value is -1.17. The molecule has 0 radical (unpaired) electrons. The Bertz CT molecular complexity index is 435. The van der Waals surface area contributed by atoms with Gasteiger partial charge in [-0.1, -0.05) is 0 Å². The molecule has 20 heavy (non-hydrogen) atoms. The Morgan fingerprint density at radius 1 is 1.25 bits per heavy atom. The highest BCUT2D eigenvalue weighted by molar-refractivity contribution is 5.35. The molecule has 2 heterocycles. The summed E-state index contributed by atoms with van der Waals surface area (Å²) in [6, 6.07) is 4.24. The number of morpholine rings is 1. The van der Waals surface area contributed by atoms with Crippen molar-refractivity contribution < 1.29 is 9.84 Å². The highest BCUT2D eigenvalue weighted by atomic mass is 16.5. The Kier molecular flexibility index (Phi) is 3.92. The molecule has 1 aliphatic heterocycles. The summed E-state index contributed by atoms with van der Waals surface area (Å²) >= 11 is 0. The molecular formula is C15H23N3O2. The minimum atomic E-state index is -0.781. The number of rotatable bonds is 2. The fraction of sp³-hybridized carbons (Fsp3) is 0.667. The van der Waals surface area contributed by atoms with Crippen molar-refractivity contribution in [2.75, 3.05) is 32.0 Å². The van der Waals surface area contributed by atoms with Crippen LogP contribution < -0.4 is 5.73 Å². The first kappa shape index (κ1) is 13.8. The molecule has 0 bridgehead atoms. The van der Waals surface area contributed by atoms with Crippen LogP contribution in [-0.4, -0.2) is 47.3 Å². The quantitative estimate of drug-likeness (QED) is 0.848. The van der Waals surface area contributed by atoms with Gasteiger partial charge in [-0.3, -0.25) is 9.88 Å². The maximum atomic E-state index is 10.8. The van der Waals surface area contributed by atoms with Gasteiger partial charge in [-0.05, 0) is 37.8 Å². The van der Waals surface area contributed by atoms with E-state index >= 15 is 0 Å². The molecule has 110 valence electrons. The Balaban J connectivity index is 1.63. The monoisotopic (exact) mass is 277 g/mol. The fourth-order valence-electron chi connectivity index (χ4n) is 3.32. The SMILES string of the molecule is Nc1ccc(C2(O)CCC(N3CCOCC3)CC2)nc1. The van der Waals surface area contributed by atoms with E-state index in [1.165, 1.54) is 0 Å². The minimum Gasteiger partial charge on any atom is -0.397 e. The summed E-state index contributed by atoms with van der Waals surface area (Å²) in [5.41, 5.74) is 6.27. The number of ether oxygens (including phenoxy) is 1. The van der Waals surface area contributed by atoms with Gasteiger partial charge in [0.2, 0.25) is 0 Å². The summed E-state index contributed by atoms with van der Waals surface area (Å²) in [5.74, 6) is 0. The van der Waals surface area contributed by atoms with Gasteiger partial charge in [0, 0.05) is 19.1 Å². The van der Waals surface area contributed by atoms with E-state index in [1.807, 2.05) is 12.1 Å². The van der Waals surface area contributed by atoms with Crippen LogP contribution in [0.1, 0.15) is 31.4 Å². The van der Waals surface area contributed by atoms with Gasteiger partial charge in [-0.15, -0.1) is 0 Å². The molecule has 2 fully saturated rings. The summed E-state index contributed by atoms with van der Waals surface area (Å²) in [6.45, 7) is 3.70. The van der Waals surface area contributed by atoms with Crippen LogP contribution in [-0.2, 0) is 10.3 Å². The van der Waals surface area contributed by atoms with Crippen LogP contribution in [0.4, 0.5) is 5.69 Å². The van der Waals surface area contributed by atoms with E-state index in [9.17, 15) is 5.11 Å². The number of hydrogen-bond acceptors (Lipinski definition) is 5. The van der Waals surface area contributed by atoms with Crippen LogP contribution in [0.15, 0.2) is 18.3 Å². The van der Waals surface area contributed by atoms with Gasteiger partial charge in [0.15, 0.2) is 0 Å². The molecular weight excluding hydrogens is 254 g/mol. The normalized spacial score (nSPS) is 32.1. The van der Waals surface area contributed by atoms with Gasteiger partial charge in [0.1, 0.15) is 5.60 Å². The van der Waals surface area contributed by atoms with Crippen LogP contribution in [0.2, 0.25) is 0 Å². The van der Waals surface area contributed by atoms with Crippen molar-refractivity contribution in [3.8, 4) is 0 Å². The molecule has 1 saturated carbocycles. The molecule has 1 aromatic rings. The van der Waals surface area contributed by atoms with Crippen molar-refractivity contribution in [3.63, 3.8) is 0 Å². The predicted octanol–water partition coefficient (Wildman–Crippen LogP) is 1.13. The second-order valence-electron chi connectivity index (χ2n) is 5.89. The molecule has 5 heteroatoms. The second kappa shape index (κ2) is 5.68. The number of aromatic nitrogens is 1. The van der Waals surface area contributed by atoms with Crippen molar-refractivity contribution in [3.05, 3.63) is 24.0 Å². The molecule has 0 atom stereocenters. The van der Waals surface area contributed by atoms with Crippen molar-refractivity contribution in [2.45, 2.75) is 37.3 Å². The lowest BCUT2D eigenvalue weighted by Crippen LogP contribution is -2.47. The Morgan fingerprint density at radius 3 is 2.55 bits per heavy atom. The van der Waals surface area contributed by atoms with Crippen LogP contribution in [0.5, 0.6) is 0 Å². The zero-order valence-corrected chi connectivity index (χ0v) is 11.8. The van der Waals surface area contributed by atoms with Crippen molar-refractivity contribution in [1.29, 1.82) is 0 Å². The van der Waals surface area contributed by atoms with Crippen LogP contribution in [0, 0.1) is 0 Å². The number of nitrogens with zero attached hydrogens (tertiary/aromatic N) is 2. The van der Waals surface area contributed by atoms with Gasteiger partial charge < -0.3 is 15.6 Å². The van der Waals surface area contributed by atoms with Crippen LogP contribution in [0.3, 0.4) is 0 Å². The summed E-state index contributed by atoms with van der Waals surface area (Å²) in [6.07, 6.45) is 5.20. The average molecular weight is 277 g/mol. The maximum absolute atomic E-state index is 10.8. The van der Waals surface area contributed by atoms with Gasteiger partial charge in [-0.2, -0.15) is 0 Å². The first-order valence-corrected chi connectivity index (χ1v) is 7.44. The van der Waals surface area contributed by atoms with Gasteiger partial charge >= 0.3 is 0 Å². The highest BCUT2D eigenvalue weighted by Crippen LogP contribution is 2.37. The molecule has 0 amide bonds. The average Bonchev–Trinajstić information content (AvgIpc) is 2.49.